The Hall–Kier alpha value is -6.64. The number of ether oxygens (including phenoxy) is 1. The number of aliphatic hydroxyl groups is 1. The Morgan fingerprint density at radius 1 is 0.957 bits per heavy atom. The summed E-state index contributed by atoms with van der Waals surface area (Å²) in [5.41, 5.74) is 1.14. The van der Waals surface area contributed by atoms with Crippen LogP contribution in [0.15, 0.2) is 53.5 Å². The molecule has 5 aliphatic rings. The summed E-state index contributed by atoms with van der Waals surface area (Å²) >= 11 is 0. The van der Waals surface area contributed by atoms with Gasteiger partial charge >= 0.3 is 11.7 Å². The van der Waals surface area contributed by atoms with Crippen LogP contribution >= 0.6 is 0 Å². The quantitative estimate of drug-likeness (QED) is 0.109. The molecule has 3 aromatic heterocycles. The molecule has 6 aromatic rings. The van der Waals surface area contributed by atoms with E-state index in [-0.39, 0.29) is 81.3 Å². The predicted octanol–water partition coefficient (Wildman–Crippen LogP) is 6.33. The lowest BCUT2D eigenvalue weighted by Crippen LogP contribution is -2.48. The molecule has 4 aliphatic heterocycles. The standard InChI is InChI=1S/C52H55F2N9O6/c1-4-33-36(53)10-9-31-25-32(64)26-34(41(31)33)43-42(54)44-35(27-55-43)46(62-20-6-13-50(2,68)28-62)58-48(57-44)69-30-52(14-15-52)29-60-21-16-51(17-22-60)18-23-61(24-19-51)37-7-5-8-38-45(37)59(3)49(67)63(38)39-11-12-40(65)56-47(39)66/h1,5,7-10,25-27,39,64,68H,6,11-24,28-30H2,2-3H3,(H,56,65,66)/t39?,50-/m1/s1. The van der Waals surface area contributed by atoms with Crippen molar-refractivity contribution in [2.45, 2.75) is 82.8 Å². The van der Waals surface area contributed by atoms with Crippen LogP contribution in [0, 0.1) is 34.8 Å². The topological polar surface area (TPSA) is 171 Å². The zero-order chi connectivity index (χ0) is 48.0. The van der Waals surface area contributed by atoms with Crippen LogP contribution in [-0.4, -0.2) is 109 Å². The second-order valence-electron chi connectivity index (χ2n) is 20.6. The van der Waals surface area contributed by atoms with E-state index in [0.717, 1.165) is 82.5 Å². The van der Waals surface area contributed by atoms with E-state index in [4.69, 9.17) is 16.1 Å². The third-order valence-corrected chi connectivity index (χ3v) is 15.8. The van der Waals surface area contributed by atoms with Crippen molar-refractivity contribution < 1.29 is 33.3 Å². The summed E-state index contributed by atoms with van der Waals surface area (Å²) in [4.78, 5) is 59.1. The number of aromatic hydroxyl groups is 1. The summed E-state index contributed by atoms with van der Waals surface area (Å²) in [5.74, 6) is 0.404. The SMILES string of the molecule is C#Cc1c(F)ccc2cc(O)cc(-c3ncc4c(N5CCC[C@@](C)(O)C5)nc(OCC5(CN6CCC7(CC6)CCN(c6cccc8c6n(C)c(=O)n8C6CCC(=O)NC6=O)CC7)CC5)nc4c3F)c12. The predicted molar refractivity (Wildman–Crippen MR) is 257 cm³/mol. The van der Waals surface area contributed by atoms with Gasteiger partial charge in [-0.15, -0.1) is 6.42 Å². The van der Waals surface area contributed by atoms with E-state index >= 15 is 8.78 Å². The highest BCUT2D eigenvalue weighted by Crippen LogP contribution is 2.49. The van der Waals surface area contributed by atoms with Crippen LogP contribution in [0.5, 0.6) is 11.8 Å². The second kappa shape index (κ2) is 16.8. The lowest BCUT2D eigenvalue weighted by Gasteiger charge is -2.48. The Morgan fingerprint density at radius 2 is 1.72 bits per heavy atom. The van der Waals surface area contributed by atoms with Gasteiger partial charge in [0.2, 0.25) is 11.8 Å². The summed E-state index contributed by atoms with van der Waals surface area (Å²) in [5, 5.41) is 25.2. The molecule has 3 aromatic carbocycles. The number of imidazole rings is 1. The molecule has 1 unspecified atom stereocenters. The first-order valence-corrected chi connectivity index (χ1v) is 24.0. The summed E-state index contributed by atoms with van der Waals surface area (Å²) in [6.07, 6.45) is 15.1. The maximum absolute atomic E-state index is 17.1. The van der Waals surface area contributed by atoms with Crippen LogP contribution in [0.1, 0.15) is 82.7 Å². The van der Waals surface area contributed by atoms with Crippen molar-refractivity contribution in [1.29, 1.82) is 0 Å². The number of phenols is 1. The van der Waals surface area contributed by atoms with Gasteiger partial charge in [-0.05, 0) is 119 Å². The Balaban J connectivity index is 0.793. The molecular formula is C52H55F2N9O6. The van der Waals surface area contributed by atoms with Gasteiger partial charge in [0, 0.05) is 68.8 Å². The number of imide groups is 1. The van der Waals surface area contributed by atoms with Crippen LogP contribution < -0.4 is 25.5 Å². The van der Waals surface area contributed by atoms with Crippen molar-refractivity contribution in [3.63, 3.8) is 0 Å². The van der Waals surface area contributed by atoms with Gasteiger partial charge in [-0.3, -0.25) is 29.0 Å². The average Bonchev–Trinajstić information content (AvgIpc) is 4.05. The number of carbonyl (C=O) groups excluding carboxylic acids is 2. The summed E-state index contributed by atoms with van der Waals surface area (Å²) in [7, 11) is 1.75. The Kier molecular flexibility index (Phi) is 10.9. The first-order chi connectivity index (χ1) is 33.1. The van der Waals surface area contributed by atoms with Crippen LogP contribution in [0.2, 0.25) is 0 Å². The Morgan fingerprint density at radius 3 is 2.45 bits per heavy atom. The van der Waals surface area contributed by atoms with E-state index in [1.807, 2.05) is 17.0 Å². The molecule has 5 fully saturated rings. The molecule has 3 N–H and O–H groups in total. The molecule has 2 amide bonds. The lowest BCUT2D eigenvalue weighted by molar-refractivity contribution is -0.135. The first kappa shape index (κ1) is 44.8. The van der Waals surface area contributed by atoms with Crippen molar-refractivity contribution in [2.24, 2.45) is 17.9 Å². The number of β-amino-alcohol motifs (C(OH)–C–C–N with tert-alkyl or cyclic N) is 1. The number of anilines is 2. The number of piperidine rings is 4. The van der Waals surface area contributed by atoms with Gasteiger partial charge in [-0.1, -0.05) is 18.1 Å². The number of nitrogens with zero attached hydrogens (tertiary/aromatic N) is 8. The normalized spacial score (nSPS) is 22.6. The Labute approximate surface area is 397 Å². The van der Waals surface area contributed by atoms with E-state index in [2.05, 4.69) is 37.1 Å². The number of nitrogens with one attached hydrogen (secondary N) is 1. The van der Waals surface area contributed by atoms with Gasteiger partial charge in [0.25, 0.3) is 0 Å². The van der Waals surface area contributed by atoms with Crippen molar-refractivity contribution in [1.82, 2.24) is 34.3 Å². The minimum Gasteiger partial charge on any atom is -0.508 e. The monoisotopic (exact) mass is 939 g/mol. The van der Waals surface area contributed by atoms with Crippen molar-refractivity contribution in [3.05, 3.63) is 76.3 Å². The van der Waals surface area contributed by atoms with Gasteiger partial charge in [-0.25, -0.2) is 13.6 Å². The number of para-hydroxylation sites is 1. The molecule has 17 heteroatoms. The number of phenolic OH excluding ortho intramolecular Hbond substituents is 1. The molecule has 1 aliphatic carbocycles. The lowest BCUT2D eigenvalue weighted by atomic mass is 9.71. The number of hydrogen-bond acceptors (Lipinski definition) is 12. The number of aromatic nitrogens is 5. The van der Waals surface area contributed by atoms with Gasteiger partial charge in [0.15, 0.2) is 5.82 Å². The molecule has 11 rings (SSSR count). The summed E-state index contributed by atoms with van der Waals surface area (Å²) in [6.45, 7) is 7.43. The number of pyridine rings is 1. The van der Waals surface area contributed by atoms with Crippen molar-refractivity contribution >= 4 is 56.0 Å². The van der Waals surface area contributed by atoms with Crippen LogP contribution in [-0.2, 0) is 16.6 Å². The fourth-order valence-corrected chi connectivity index (χ4v) is 11.7. The van der Waals surface area contributed by atoms with E-state index in [9.17, 15) is 24.6 Å². The number of benzene rings is 3. The number of terminal acetylenes is 1. The zero-order valence-electron chi connectivity index (χ0n) is 38.9. The molecule has 0 bridgehead atoms. The fourth-order valence-electron chi connectivity index (χ4n) is 11.7. The molecule has 1 spiro atoms. The highest BCUT2D eigenvalue weighted by molar-refractivity contribution is 6.03. The number of fused-ring (bicyclic) bond motifs is 3. The molecule has 15 nitrogen and oxygen atoms in total. The zero-order valence-corrected chi connectivity index (χ0v) is 38.9. The Bertz CT molecular complexity index is 3190. The number of halogens is 2. The molecule has 7 heterocycles. The van der Waals surface area contributed by atoms with Crippen LogP contribution in [0.25, 0.3) is 44.0 Å². The number of hydrogen-bond donors (Lipinski definition) is 3. The molecule has 358 valence electrons. The fraction of sp³-hybridized carbons (Fsp3) is 0.462. The molecule has 1 saturated carbocycles. The van der Waals surface area contributed by atoms with Crippen LogP contribution in [0.3, 0.4) is 0 Å². The minimum atomic E-state index is -0.995. The number of likely N-dealkylation sites (tertiary alicyclic amines) is 1. The number of carbonyl (C=O) groups is 2. The second-order valence-corrected chi connectivity index (χ2v) is 20.6. The maximum Gasteiger partial charge on any atom is 0.329 e. The van der Waals surface area contributed by atoms with E-state index in [0.29, 0.717) is 48.1 Å². The smallest absolute Gasteiger partial charge is 0.329 e. The average molecular weight is 940 g/mol. The molecule has 4 saturated heterocycles. The highest BCUT2D eigenvalue weighted by atomic mass is 19.1. The third kappa shape index (κ3) is 8.00. The summed E-state index contributed by atoms with van der Waals surface area (Å²) in [6, 6.07) is 10.6. The molecule has 69 heavy (non-hydrogen) atoms. The van der Waals surface area contributed by atoms with Gasteiger partial charge in [-0.2, -0.15) is 9.97 Å². The first-order valence-electron chi connectivity index (χ1n) is 24.0. The largest absolute Gasteiger partial charge is 0.508 e. The van der Waals surface area contributed by atoms with E-state index < -0.39 is 29.2 Å². The molecular weight excluding hydrogens is 885 g/mol. The summed E-state index contributed by atoms with van der Waals surface area (Å²) < 4.78 is 41.8. The van der Waals surface area contributed by atoms with Gasteiger partial charge in [0.05, 0.1) is 39.9 Å². The van der Waals surface area contributed by atoms with Crippen LogP contribution in [0.4, 0.5) is 20.3 Å². The van der Waals surface area contributed by atoms with Gasteiger partial charge in [0.1, 0.15) is 34.6 Å². The highest BCUT2D eigenvalue weighted by Gasteiger charge is 2.47. The third-order valence-electron chi connectivity index (χ3n) is 15.8. The number of amides is 2. The number of aryl methyl sites for hydroxylation is 1. The van der Waals surface area contributed by atoms with Gasteiger partial charge < -0.3 is 29.6 Å². The number of rotatable bonds is 9. The van der Waals surface area contributed by atoms with Crippen molar-refractivity contribution in [2.75, 3.05) is 62.2 Å². The molecule has 2 atom stereocenters. The van der Waals surface area contributed by atoms with E-state index in [1.54, 1.807) is 23.1 Å². The van der Waals surface area contributed by atoms with E-state index in [1.165, 1.54) is 30.5 Å². The van der Waals surface area contributed by atoms with Crippen molar-refractivity contribution in [3.8, 4) is 35.4 Å². The molecule has 0 radical (unpaired) electrons. The maximum atomic E-state index is 17.1. The minimum absolute atomic E-state index is 0.00817.